The molecule has 4 aliphatic carbocycles. The molecule has 2 N–H and O–H groups in total. The summed E-state index contributed by atoms with van der Waals surface area (Å²) in [6.07, 6.45) is 10.2. The lowest BCUT2D eigenvalue weighted by Crippen LogP contribution is -2.50. The summed E-state index contributed by atoms with van der Waals surface area (Å²) >= 11 is 0. The number of hydrogen-bond donors (Lipinski definition) is 2. The fourth-order valence-electron chi connectivity index (χ4n) is 6.78. The Hall–Kier alpha value is -2.10. The van der Waals surface area contributed by atoms with E-state index in [1.54, 1.807) is 0 Å². The molecule has 5 rings (SSSR count). The second-order valence-electron chi connectivity index (χ2n) is 9.90. The highest BCUT2D eigenvalue weighted by molar-refractivity contribution is 5.91. The molecule has 156 valence electrons. The van der Waals surface area contributed by atoms with Gasteiger partial charge in [0.1, 0.15) is 17.3 Å². The first-order valence-electron chi connectivity index (χ1n) is 11.0. The molecule has 1 aromatic rings. The van der Waals surface area contributed by atoms with Gasteiger partial charge in [-0.3, -0.25) is 9.59 Å². The van der Waals surface area contributed by atoms with Gasteiger partial charge in [0.25, 0.3) is 0 Å². The minimum atomic E-state index is -0.0246. The number of carbonyl (C=O) groups excluding carboxylic acids is 2. The van der Waals surface area contributed by atoms with Crippen molar-refractivity contribution in [2.24, 2.45) is 28.6 Å². The van der Waals surface area contributed by atoms with Gasteiger partial charge in [0, 0.05) is 18.3 Å². The van der Waals surface area contributed by atoms with Gasteiger partial charge in [0.2, 0.25) is 0 Å². The lowest BCUT2D eigenvalue weighted by molar-refractivity contribution is -0.132. The Morgan fingerprint density at radius 2 is 1.41 bits per heavy atom. The summed E-state index contributed by atoms with van der Waals surface area (Å²) < 4.78 is 0. The number of rotatable bonds is 0. The maximum atomic E-state index is 12.4. The van der Waals surface area contributed by atoms with E-state index in [0.29, 0.717) is 29.3 Å². The van der Waals surface area contributed by atoms with Crippen LogP contribution in [0.1, 0.15) is 65.2 Å². The highest BCUT2D eigenvalue weighted by Gasteiger charge is 2.58. The molecule has 0 spiro atoms. The standard InChI is InChI=1S/C19H26O2.C6H6O2/c1-18-9-7-13(20)11-12(18)3-4-14-15-5-6-17(21)19(15,2)10-8-16(14)18;7-5-1-2-6(8)4-3-5/h11,14-16H,3-10H2,1-2H3;1-4,7-8H/t14-,15-,16-,18-,19-;/m0./s1. The quantitative estimate of drug-likeness (QED) is 0.592. The van der Waals surface area contributed by atoms with Crippen LogP contribution in [0.3, 0.4) is 0 Å². The third kappa shape index (κ3) is 3.41. The van der Waals surface area contributed by atoms with Crippen LogP contribution in [0, 0.1) is 28.6 Å². The molecule has 0 aliphatic heterocycles. The van der Waals surface area contributed by atoms with E-state index in [0.717, 1.165) is 38.5 Å². The molecular weight excluding hydrogens is 364 g/mol. The van der Waals surface area contributed by atoms with Crippen molar-refractivity contribution < 1.29 is 19.8 Å². The van der Waals surface area contributed by atoms with Crippen molar-refractivity contribution in [1.29, 1.82) is 0 Å². The SMILES string of the molecule is C[C@]12CCC(=O)C=C1CC[C@@H]1[C@@H]2CC[C@]2(C)C(=O)CC[C@@H]12.Oc1ccc(O)cc1. The molecule has 0 amide bonds. The van der Waals surface area contributed by atoms with Crippen LogP contribution in [0.5, 0.6) is 11.5 Å². The minimum Gasteiger partial charge on any atom is -0.508 e. The van der Waals surface area contributed by atoms with Crippen molar-refractivity contribution in [2.45, 2.75) is 65.2 Å². The Balaban J connectivity index is 0.000000216. The van der Waals surface area contributed by atoms with Gasteiger partial charge in [-0.15, -0.1) is 0 Å². The van der Waals surface area contributed by atoms with Crippen LogP contribution >= 0.6 is 0 Å². The topological polar surface area (TPSA) is 74.6 Å². The van der Waals surface area contributed by atoms with Gasteiger partial charge in [-0.05, 0) is 92.0 Å². The van der Waals surface area contributed by atoms with Crippen molar-refractivity contribution in [3.63, 3.8) is 0 Å². The maximum absolute atomic E-state index is 12.4. The molecule has 0 bridgehead atoms. The zero-order valence-electron chi connectivity index (χ0n) is 17.5. The molecule has 5 atom stereocenters. The fraction of sp³-hybridized carbons (Fsp3) is 0.600. The van der Waals surface area contributed by atoms with E-state index in [-0.39, 0.29) is 22.3 Å². The summed E-state index contributed by atoms with van der Waals surface area (Å²) in [5, 5.41) is 17.3. The maximum Gasteiger partial charge on any atom is 0.155 e. The number of phenols is 2. The number of benzene rings is 1. The summed E-state index contributed by atoms with van der Waals surface area (Å²) in [6, 6.07) is 5.70. The van der Waals surface area contributed by atoms with Gasteiger partial charge in [0.05, 0.1) is 0 Å². The molecule has 0 unspecified atom stereocenters. The highest BCUT2D eigenvalue weighted by atomic mass is 16.3. The summed E-state index contributed by atoms with van der Waals surface area (Å²) in [5.74, 6) is 3.22. The van der Waals surface area contributed by atoms with E-state index >= 15 is 0 Å². The normalized spacial score (nSPS) is 38.1. The average Bonchev–Trinajstić information content (AvgIpc) is 3.00. The number of phenolic OH excluding ortho intramolecular Hbond substituents is 2. The van der Waals surface area contributed by atoms with E-state index in [1.165, 1.54) is 42.7 Å². The van der Waals surface area contributed by atoms with Gasteiger partial charge < -0.3 is 10.2 Å². The van der Waals surface area contributed by atoms with E-state index in [1.807, 2.05) is 6.08 Å². The molecule has 29 heavy (non-hydrogen) atoms. The second-order valence-corrected chi connectivity index (χ2v) is 9.90. The van der Waals surface area contributed by atoms with Crippen molar-refractivity contribution in [2.75, 3.05) is 0 Å². The molecule has 0 radical (unpaired) electrons. The van der Waals surface area contributed by atoms with Crippen LogP contribution in [0.15, 0.2) is 35.9 Å². The van der Waals surface area contributed by atoms with E-state index in [4.69, 9.17) is 10.2 Å². The average molecular weight is 397 g/mol. The van der Waals surface area contributed by atoms with Crippen molar-refractivity contribution in [1.82, 2.24) is 0 Å². The molecule has 3 saturated carbocycles. The molecule has 4 nitrogen and oxygen atoms in total. The third-order valence-corrected chi connectivity index (χ3v) is 8.52. The van der Waals surface area contributed by atoms with Gasteiger partial charge in [0.15, 0.2) is 5.78 Å². The van der Waals surface area contributed by atoms with Crippen LogP contribution in [-0.2, 0) is 9.59 Å². The predicted octanol–water partition coefficient (Wildman–Crippen LogP) is 5.19. The van der Waals surface area contributed by atoms with Gasteiger partial charge in [-0.25, -0.2) is 0 Å². The molecule has 3 fully saturated rings. The number of fused-ring (bicyclic) bond motifs is 5. The molecule has 0 heterocycles. The number of carbonyl (C=O) groups is 2. The molecule has 0 aromatic heterocycles. The predicted molar refractivity (Wildman–Crippen MR) is 111 cm³/mol. The molecule has 4 heteroatoms. The first-order valence-corrected chi connectivity index (χ1v) is 11.0. The Kier molecular flexibility index (Phi) is 5.08. The summed E-state index contributed by atoms with van der Waals surface area (Å²) in [5.41, 5.74) is 1.64. The summed E-state index contributed by atoms with van der Waals surface area (Å²) in [7, 11) is 0. The van der Waals surface area contributed by atoms with Crippen LogP contribution < -0.4 is 0 Å². The number of allylic oxidation sites excluding steroid dienone is 1. The summed E-state index contributed by atoms with van der Waals surface area (Å²) in [6.45, 7) is 4.64. The Labute approximate surface area is 173 Å². The molecular formula is C25H32O4. The van der Waals surface area contributed by atoms with Crippen molar-refractivity contribution >= 4 is 11.6 Å². The molecule has 0 saturated heterocycles. The van der Waals surface area contributed by atoms with E-state index in [9.17, 15) is 9.59 Å². The first kappa shape index (κ1) is 20.2. The number of ketones is 2. The van der Waals surface area contributed by atoms with Crippen molar-refractivity contribution in [3.05, 3.63) is 35.9 Å². The van der Waals surface area contributed by atoms with Crippen LogP contribution in [0.2, 0.25) is 0 Å². The lowest BCUT2D eigenvalue weighted by Gasteiger charge is -2.56. The van der Waals surface area contributed by atoms with Crippen LogP contribution in [-0.4, -0.2) is 21.8 Å². The number of Topliss-reactive ketones (excluding diaryl/α,β-unsaturated/α-hetero) is 1. The largest absolute Gasteiger partial charge is 0.508 e. The summed E-state index contributed by atoms with van der Waals surface area (Å²) in [4.78, 5) is 24.1. The Bertz CT molecular complexity index is 818. The highest BCUT2D eigenvalue weighted by Crippen LogP contribution is 2.64. The monoisotopic (exact) mass is 396 g/mol. The lowest BCUT2D eigenvalue weighted by atomic mass is 9.47. The minimum absolute atomic E-state index is 0.0246. The van der Waals surface area contributed by atoms with Crippen molar-refractivity contribution in [3.8, 4) is 11.5 Å². The molecule has 4 aliphatic rings. The zero-order valence-corrected chi connectivity index (χ0v) is 17.5. The molecule has 1 aromatic carbocycles. The number of hydrogen-bond acceptors (Lipinski definition) is 4. The van der Waals surface area contributed by atoms with Gasteiger partial charge in [-0.2, -0.15) is 0 Å². The van der Waals surface area contributed by atoms with Gasteiger partial charge >= 0.3 is 0 Å². The van der Waals surface area contributed by atoms with Crippen LogP contribution in [0.4, 0.5) is 0 Å². The Morgan fingerprint density at radius 3 is 2.07 bits per heavy atom. The smallest absolute Gasteiger partial charge is 0.155 e. The number of aromatic hydroxyl groups is 2. The van der Waals surface area contributed by atoms with E-state index < -0.39 is 0 Å². The second kappa shape index (κ2) is 7.30. The Morgan fingerprint density at radius 1 is 0.793 bits per heavy atom. The van der Waals surface area contributed by atoms with Gasteiger partial charge in [-0.1, -0.05) is 19.4 Å². The third-order valence-electron chi connectivity index (χ3n) is 8.52. The van der Waals surface area contributed by atoms with Crippen LogP contribution in [0.25, 0.3) is 0 Å². The first-order chi connectivity index (χ1) is 13.7. The fourth-order valence-corrected chi connectivity index (χ4v) is 6.78. The van der Waals surface area contributed by atoms with E-state index in [2.05, 4.69) is 13.8 Å². The zero-order chi connectivity index (χ0) is 20.8.